The van der Waals surface area contributed by atoms with Gasteiger partial charge in [-0.15, -0.1) is 0 Å². The average molecular weight is 300 g/mol. The van der Waals surface area contributed by atoms with E-state index in [2.05, 4.69) is 4.74 Å². The van der Waals surface area contributed by atoms with E-state index in [9.17, 15) is 23.3 Å². The number of nitro benzene ring substituents is 1. The first kappa shape index (κ1) is 14.4. The zero-order chi connectivity index (χ0) is 15.1. The molecule has 0 N–H and O–H groups in total. The molecule has 0 aliphatic carbocycles. The van der Waals surface area contributed by atoms with Crippen molar-refractivity contribution in [2.45, 2.75) is 17.4 Å². The van der Waals surface area contributed by atoms with Gasteiger partial charge >= 0.3 is 5.97 Å². The molecule has 2 unspecified atom stereocenters. The number of nitrogens with zero attached hydrogens (tertiary/aromatic N) is 2. The molecule has 9 heteroatoms. The van der Waals surface area contributed by atoms with Crippen LogP contribution >= 0.6 is 0 Å². The van der Waals surface area contributed by atoms with Crippen molar-refractivity contribution in [3.8, 4) is 0 Å². The van der Waals surface area contributed by atoms with Gasteiger partial charge in [0.05, 0.1) is 16.9 Å². The minimum atomic E-state index is -3.86. The number of carbonyl (C=O) groups excluding carboxylic acids is 1. The Morgan fingerprint density at radius 3 is 2.40 bits per heavy atom. The molecule has 1 aromatic carbocycles. The molecule has 0 saturated carbocycles. The van der Waals surface area contributed by atoms with Crippen LogP contribution in [-0.2, 0) is 19.6 Å². The Bertz CT molecular complexity index is 669. The second-order valence-corrected chi connectivity index (χ2v) is 6.39. The lowest BCUT2D eigenvalue weighted by molar-refractivity contribution is -0.384. The molecule has 8 nitrogen and oxygen atoms in total. The van der Waals surface area contributed by atoms with Gasteiger partial charge in [-0.1, -0.05) is 0 Å². The zero-order valence-electron chi connectivity index (χ0n) is 10.8. The van der Waals surface area contributed by atoms with Gasteiger partial charge in [0.15, 0.2) is 0 Å². The lowest BCUT2D eigenvalue weighted by Crippen LogP contribution is -2.30. The summed E-state index contributed by atoms with van der Waals surface area (Å²) in [6.07, 6.45) is 0. The zero-order valence-corrected chi connectivity index (χ0v) is 11.6. The van der Waals surface area contributed by atoms with Crippen LogP contribution in [0.3, 0.4) is 0 Å². The number of methoxy groups -OCH3 is 1. The maximum absolute atomic E-state index is 12.3. The van der Waals surface area contributed by atoms with Crippen LogP contribution in [0.25, 0.3) is 0 Å². The van der Waals surface area contributed by atoms with E-state index in [1.165, 1.54) is 14.0 Å². The van der Waals surface area contributed by atoms with Gasteiger partial charge in [0.25, 0.3) is 5.69 Å². The summed E-state index contributed by atoms with van der Waals surface area (Å²) < 4.78 is 30.1. The molecular weight excluding hydrogens is 288 g/mol. The van der Waals surface area contributed by atoms with Crippen molar-refractivity contribution in [3.05, 3.63) is 34.4 Å². The van der Waals surface area contributed by atoms with E-state index in [0.29, 0.717) is 0 Å². The predicted octanol–water partition coefficient (Wildman–Crippen LogP) is 0.531. The molecule has 1 aromatic rings. The van der Waals surface area contributed by atoms with Crippen molar-refractivity contribution < 1.29 is 22.9 Å². The first-order valence-corrected chi connectivity index (χ1v) is 7.03. The van der Waals surface area contributed by atoms with Gasteiger partial charge in [-0.3, -0.25) is 10.1 Å². The normalized spacial score (nSPS) is 25.0. The van der Waals surface area contributed by atoms with Crippen LogP contribution < -0.4 is 0 Å². The number of hydrogen-bond acceptors (Lipinski definition) is 6. The fraction of sp³-hybridized carbons (Fsp3) is 0.364. The van der Waals surface area contributed by atoms with E-state index >= 15 is 0 Å². The van der Waals surface area contributed by atoms with Crippen LogP contribution in [-0.4, -0.2) is 42.8 Å². The van der Waals surface area contributed by atoms with Crippen LogP contribution in [0.2, 0.25) is 0 Å². The molecule has 2 atom stereocenters. The third-order valence-corrected chi connectivity index (χ3v) is 5.14. The van der Waals surface area contributed by atoms with E-state index < -0.39 is 26.5 Å². The summed E-state index contributed by atoms with van der Waals surface area (Å²) >= 11 is 0. The highest BCUT2D eigenvalue weighted by atomic mass is 32.2. The average Bonchev–Trinajstić information content (AvgIpc) is 3.12. The molecule has 1 saturated heterocycles. The number of ether oxygens (including phenoxy) is 1. The highest BCUT2D eigenvalue weighted by Crippen LogP contribution is 2.39. The number of carbonyl (C=O) groups is 1. The molecule has 0 aromatic heterocycles. The van der Waals surface area contributed by atoms with Crippen molar-refractivity contribution in [2.75, 3.05) is 13.7 Å². The van der Waals surface area contributed by atoms with Crippen LogP contribution in [0.5, 0.6) is 0 Å². The van der Waals surface area contributed by atoms with Crippen molar-refractivity contribution in [3.63, 3.8) is 0 Å². The minimum absolute atomic E-state index is 0.0268. The quantitative estimate of drug-likeness (QED) is 0.347. The SMILES string of the molecule is COC(=O)C1(C)CN1S(=O)(=O)c1ccc([N+](=O)[O-])cc1. The molecule has 1 aliphatic rings. The Morgan fingerprint density at radius 2 is 1.95 bits per heavy atom. The Labute approximate surface area is 115 Å². The second kappa shape index (κ2) is 4.53. The van der Waals surface area contributed by atoms with Crippen LogP contribution in [0.15, 0.2) is 29.2 Å². The Morgan fingerprint density at radius 1 is 1.40 bits per heavy atom. The first-order chi connectivity index (χ1) is 9.23. The van der Waals surface area contributed by atoms with Crippen molar-refractivity contribution in [1.29, 1.82) is 0 Å². The summed E-state index contributed by atoms with van der Waals surface area (Å²) in [5.41, 5.74) is -1.40. The van der Waals surface area contributed by atoms with E-state index in [4.69, 9.17) is 0 Å². The Kier molecular flexibility index (Phi) is 3.26. The highest BCUT2D eigenvalue weighted by molar-refractivity contribution is 7.89. The lowest BCUT2D eigenvalue weighted by Gasteiger charge is -2.10. The smallest absolute Gasteiger partial charge is 0.328 e. The molecule has 2 rings (SSSR count). The van der Waals surface area contributed by atoms with Crippen molar-refractivity contribution >= 4 is 21.7 Å². The Hall–Kier alpha value is -2.00. The molecule has 1 fully saturated rings. The van der Waals surface area contributed by atoms with Gasteiger partial charge in [0, 0.05) is 18.7 Å². The first-order valence-electron chi connectivity index (χ1n) is 5.59. The van der Waals surface area contributed by atoms with Crippen molar-refractivity contribution in [2.24, 2.45) is 0 Å². The monoisotopic (exact) mass is 300 g/mol. The van der Waals surface area contributed by atoms with E-state index in [1.807, 2.05) is 0 Å². The summed E-state index contributed by atoms with van der Waals surface area (Å²) in [7, 11) is -2.68. The fourth-order valence-corrected chi connectivity index (χ4v) is 3.61. The highest BCUT2D eigenvalue weighted by Gasteiger charge is 2.61. The molecule has 108 valence electrons. The summed E-state index contributed by atoms with van der Waals surface area (Å²) in [6.45, 7) is 1.49. The molecule has 0 bridgehead atoms. The summed E-state index contributed by atoms with van der Waals surface area (Å²) in [5.74, 6) is -0.636. The standard InChI is InChI=1S/C11H12N2O6S/c1-11(10(14)19-2)7-12(11)20(17,18)9-5-3-8(4-6-9)13(15)16/h3-6H,7H2,1-2H3. The van der Waals surface area contributed by atoms with Crippen LogP contribution in [0.1, 0.15) is 6.92 Å². The third-order valence-electron chi connectivity index (χ3n) is 3.16. The van der Waals surface area contributed by atoms with Gasteiger partial charge < -0.3 is 4.74 Å². The number of rotatable bonds is 4. The molecule has 0 spiro atoms. The minimum Gasteiger partial charge on any atom is -0.468 e. The summed E-state index contributed by atoms with van der Waals surface area (Å²) in [5, 5.41) is 10.5. The van der Waals surface area contributed by atoms with E-state index in [0.717, 1.165) is 28.6 Å². The molecule has 1 aliphatic heterocycles. The maximum Gasteiger partial charge on any atom is 0.328 e. The Balaban J connectivity index is 2.29. The van der Waals surface area contributed by atoms with Crippen LogP contribution in [0, 0.1) is 10.1 Å². The molecule has 0 amide bonds. The number of esters is 1. The fourth-order valence-electron chi connectivity index (χ4n) is 1.85. The molecular formula is C11H12N2O6S. The van der Waals surface area contributed by atoms with E-state index in [1.54, 1.807) is 0 Å². The number of benzene rings is 1. The second-order valence-electron chi connectivity index (χ2n) is 4.53. The summed E-state index contributed by atoms with van der Waals surface area (Å²) in [6, 6.07) is 4.49. The van der Waals surface area contributed by atoms with Gasteiger partial charge in [-0.2, -0.15) is 4.31 Å². The molecule has 20 heavy (non-hydrogen) atoms. The molecule has 0 radical (unpaired) electrons. The predicted molar refractivity (Wildman–Crippen MR) is 67.4 cm³/mol. The number of non-ortho nitro benzene ring substituents is 1. The van der Waals surface area contributed by atoms with Crippen molar-refractivity contribution in [1.82, 2.24) is 4.31 Å². The number of hydrogen-bond donors (Lipinski definition) is 0. The number of sulfonamides is 1. The summed E-state index contributed by atoms with van der Waals surface area (Å²) in [4.78, 5) is 21.3. The van der Waals surface area contributed by atoms with Gasteiger partial charge in [-0.25, -0.2) is 13.2 Å². The van der Waals surface area contributed by atoms with Gasteiger partial charge in [0.2, 0.25) is 10.0 Å². The van der Waals surface area contributed by atoms with E-state index in [-0.39, 0.29) is 17.1 Å². The topological polar surface area (TPSA) is 107 Å². The maximum atomic E-state index is 12.3. The largest absolute Gasteiger partial charge is 0.468 e. The van der Waals surface area contributed by atoms with Gasteiger partial charge in [0.1, 0.15) is 5.54 Å². The van der Waals surface area contributed by atoms with Gasteiger partial charge in [-0.05, 0) is 19.1 Å². The van der Waals surface area contributed by atoms with Crippen LogP contribution in [0.4, 0.5) is 5.69 Å². The number of nitro groups is 1. The lowest BCUT2D eigenvalue weighted by atomic mass is 10.2. The molecule has 1 heterocycles. The third kappa shape index (κ3) is 2.14.